The van der Waals surface area contributed by atoms with Crippen LogP contribution < -0.4 is 5.73 Å². The SMILES string of the molecule is CCC(C)N(CCOC)S(=O)(=O)c1cc(CN)ccc1F. The number of nitrogens with zero attached hydrogens (tertiary/aromatic N) is 1. The van der Waals surface area contributed by atoms with Gasteiger partial charge in [0.05, 0.1) is 6.61 Å². The maximum atomic E-state index is 14.0. The standard InChI is InChI=1S/C14H23FN2O3S/c1-4-11(2)17(7-8-20-3)21(18,19)14-9-12(10-16)5-6-13(14)15/h5-6,9,11H,4,7-8,10,16H2,1-3H3. The van der Waals surface area contributed by atoms with Crippen LogP contribution in [-0.2, 0) is 21.3 Å². The Morgan fingerprint density at radius 1 is 1.43 bits per heavy atom. The molecule has 2 N–H and O–H groups in total. The number of nitrogens with two attached hydrogens (primary N) is 1. The maximum absolute atomic E-state index is 14.0. The summed E-state index contributed by atoms with van der Waals surface area (Å²) in [6.45, 7) is 4.26. The number of hydrogen-bond acceptors (Lipinski definition) is 4. The van der Waals surface area contributed by atoms with E-state index in [1.165, 1.54) is 23.5 Å². The molecular formula is C14H23FN2O3S. The van der Waals surface area contributed by atoms with Crippen molar-refractivity contribution >= 4 is 10.0 Å². The van der Waals surface area contributed by atoms with Crippen molar-refractivity contribution in [3.63, 3.8) is 0 Å². The number of rotatable bonds is 8. The van der Waals surface area contributed by atoms with Gasteiger partial charge in [-0.2, -0.15) is 4.31 Å². The molecule has 0 amide bonds. The van der Waals surface area contributed by atoms with Crippen molar-refractivity contribution in [2.75, 3.05) is 20.3 Å². The molecule has 0 fully saturated rings. The molecule has 0 aliphatic rings. The van der Waals surface area contributed by atoms with Crippen LogP contribution in [0.25, 0.3) is 0 Å². The van der Waals surface area contributed by atoms with Crippen LogP contribution in [0.5, 0.6) is 0 Å². The summed E-state index contributed by atoms with van der Waals surface area (Å²) >= 11 is 0. The first kappa shape index (κ1) is 18.0. The molecular weight excluding hydrogens is 295 g/mol. The minimum Gasteiger partial charge on any atom is -0.383 e. The lowest BCUT2D eigenvalue weighted by atomic mass is 10.2. The lowest BCUT2D eigenvalue weighted by Gasteiger charge is -2.27. The van der Waals surface area contributed by atoms with Crippen LogP contribution in [0.3, 0.4) is 0 Å². The molecule has 5 nitrogen and oxygen atoms in total. The first-order valence-corrected chi connectivity index (χ1v) is 8.31. The van der Waals surface area contributed by atoms with Gasteiger partial charge in [0.15, 0.2) is 0 Å². The molecule has 7 heteroatoms. The lowest BCUT2D eigenvalue weighted by Crippen LogP contribution is -2.40. The van der Waals surface area contributed by atoms with E-state index in [4.69, 9.17) is 10.5 Å². The van der Waals surface area contributed by atoms with Crippen molar-refractivity contribution < 1.29 is 17.5 Å². The summed E-state index contributed by atoms with van der Waals surface area (Å²) in [6.07, 6.45) is 0.626. The predicted octanol–water partition coefficient (Wildman–Crippen LogP) is 1.72. The largest absolute Gasteiger partial charge is 0.383 e. The van der Waals surface area contributed by atoms with Gasteiger partial charge in [0.1, 0.15) is 10.7 Å². The van der Waals surface area contributed by atoms with Gasteiger partial charge >= 0.3 is 0 Å². The molecule has 0 bridgehead atoms. The Morgan fingerprint density at radius 2 is 2.10 bits per heavy atom. The van der Waals surface area contributed by atoms with E-state index in [-0.39, 0.29) is 30.6 Å². The number of halogens is 1. The van der Waals surface area contributed by atoms with Gasteiger partial charge in [-0.15, -0.1) is 0 Å². The van der Waals surface area contributed by atoms with Crippen LogP contribution in [-0.4, -0.2) is 39.0 Å². The maximum Gasteiger partial charge on any atom is 0.246 e. The average Bonchev–Trinajstić information content (AvgIpc) is 2.47. The van der Waals surface area contributed by atoms with Crippen LogP contribution in [0.1, 0.15) is 25.8 Å². The summed E-state index contributed by atoms with van der Waals surface area (Å²) in [6, 6.07) is 3.68. The Hall–Kier alpha value is -1.02. The molecule has 1 unspecified atom stereocenters. The molecule has 1 aromatic carbocycles. The number of benzene rings is 1. The van der Waals surface area contributed by atoms with Crippen LogP contribution >= 0.6 is 0 Å². The van der Waals surface area contributed by atoms with Gasteiger partial charge in [-0.3, -0.25) is 0 Å². The molecule has 0 heterocycles. The second kappa shape index (κ2) is 7.84. The summed E-state index contributed by atoms with van der Waals surface area (Å²) in [4.78, 5) is -0.332. The zero-order valence-electron chi connectivity index (χ0n) is 12.7. The second-order valence-electron chi connectivity index (χ2n) is 4.83. The van der Waals surface area contributed by atoms with Gasteiger partial charge in [-0.25, -0.2) is 12.8 Å². The molecule has 1 rings (SSSR count). The monoisotopic (exact) mass is 318 g/mol. The van der Waals surface area contributed by atoms with Crippen LogP contribution in [0.2, 0.25) is 0 Å². The average molecular weight is 318 g/mol. The van der Waals surface area contributed by atoms with Gasteiger partial charge in [0.2, 0.25) is 10.0 Å². The molecule has 0 aliphatic heterocycles. The molecule has 1 atom stereocenters. The lowest BCUT2D eigenvalue weighted by molar-refractivity contribution is 0.167. The molecule has 0 saturated carbocycles. The number of ether oxygens (including phenoxy) is 1. The smallest absolute Gasteiger partial charge is 0.246 e. The highest BCUT2D eigenvalue weighted by atomic mass is 32.2. The van der Waals surface area contributed by atoms with E-state index >= 15 is 0 Å². The summed E-state index contributed by atoms with van der Waals surface area (Å²) in [5.74, 6) is -0.766. The molecule has 1 aromatic rings. The third kappa shape index (κ3) is 4.23. The van der Waals surface area contributed by atoms with Crippen LogP contribution in [0.4, 0.5) is 4.39 Å². The van der Waals surface area contributed by atoms with E-state index in [9.17, 15) is 12.8 Å². The van der Waals surface area contributed by atoms with E-state index in [1.807, 2.05) is 6.92 Å². The topological polar surface area (TPSA) is 72.6 Å². The molecule has 0 spiro atoms. The summed E-state index contributed by atoms with van der Waals surface area (Å²) in [7, 11) is -2.43. The van der Waals surface area contributed by atoms with Crippen molar-refractivity contribution in [3.8, 4) is 0 Å². The highest BCUT2D eigenvalue weighted by Gasteiger charge is 2.30. The highest BCUT2D eigenvalue weighted by molar-refractivity contribution is 7.89. The van der Waals surface area contributed by atoms with Gasteiger partial charge < -0.3 is 10.5 Å². The third-order valence-electron chi connectivity index (χ3n) is 3.42. The van der Waals surface area contributed by atoms with Crippen molar-refractivity contribution in [1.29, 1.82) is 0 Å². The van der Waals surface area contributed by atoms with E-state index in [0.29, 0.717) is 12.0 Å². The third-order valence-corrected chi connectivity index (χ3v) is 5.44. The number of methoxy groups -OCH3 is 1. The highest BCUT2D eigenvalue weighted by Crippen LogP contribution is 2.23. The van der Waals surface area contributed by atoms with Crippen molar-refractivity contribution in [2.45, 2.75) is 37.8 Å². The molecule has 120 valence electrons. The zero-order chi connectivity index (χ0) is 16.0. The van der Waals surface area contributed by atoms with Gasteiger partial charge in [0.25, 0.3) is 0 Å². The van der Waals surface area contributed by atoms with Gasteiger partial charge in [-0.1, -0.05) is 13.0 Å². The Morgan fingerprint density at radius 3 is 2.62 bits per heavy atom. The second-order valence-corrected chi connectivity index (χ2v) is 6.69. The minimum absolute atomic E-state index is 0.157. The molecule has 0 radical (unpaired) electrons. The van der Waals surface area contributed by atoms with E-state index in [0.717, 1.165) is 6.07 Å². The van der Waals surface area contributed by atoms with Crippen molar-refractivity contribution in [3.05, 3.63) is 29.6 Å². The van der Waals surface area contributed by atoms with Crippen LogP contribution in [0.15, 0.2) is 23.1 Å². The fourth-order valence-electron chi connectivity index (χ4n) is 1.96. The molecule has 0 aliphatic carbocycles. The first-order valence-electron chi connectivity index (χ1n) is 6.87. The Labute approximate surface area is 125 Å². The van der Waals surface area contributed by atoms with Gasteiger partial charge in [-0.05, 0) is 31.0 Å². The molecule has 0 aromatic heterocycles. The van der Waals surface area contributed by atoms with Crippen molar-refractivity contribution in [1.82, 2.24) is 4.31 Å². The Balaban J connectivity index is 3.27. The van der Waals surface area contributed by atoms with E-state index in [1.54, 1.807) is 6.92 Å². The fourth-order valence-corrected chi connectivity index (χ4v) is 3.77. The fraction of sp³-hybridized carbons (Fsp3) is 0.571. The van der Waals surface area contributed by atoms with Crippen LogP contribution in [0, 0.1) is 5.82 Å². The normalized spacial score (nSPS) is 13.6. The quantitative estimate of drug-likeness (QED) is 0.792. The van der Waals surface area contributed by atoms with E-state index < -0.39 is 15.8 Å². The van der Waals surface area contributed by atoms with Gasteiger partial charge in [0, 0.05) is 26.2 Å². The predicted molar refractivity (Wildman–Crippen MR) is 79.8 cm³/mol. The molecule has 21 heavy (non-hydrogen) atoms. The molecule has 0 saturated heterocycles. The Bertz CT molecular complexity index is 563. The zero-order valence-corrected chi connectivity index (χ0v) is 13.5. The minimum atomic E-state index is -3.93. The summed E-state index contributed by atoms with van der Waals surface area (Å²) in [5.41, 5.74) is 6.08. The summed E-state index contributed by atoms with van der Waals surface area (Å²) in [5, 5.41) is 0. The van der Waals surface area contributed by atoms with Crippen molar-refractivity contribution in [2.24, 2.45) is 5.73 Å². The first-order chi connectivity index (χ1) is 9.88. The number of sulfonamides is 1. The van der Waals surface area contributed by atoms with E-state index in [2.05, 4.69) is 0 Å². The summed E-state index contributed by atoms with van der Waals surface area (Å²) < 4.78 is 45.6. The Kier molecular flexibility index (Phi) is 6.73. The number of hydrogen-bond donors (Lipinski definition) is 1.